The Morgan fingerprint density at radius 3 is 2.83 bits per heavy atom. The van der Waals surface area contributed by atoms with Crippen molar-refractivity contribution in [3.05, 3.63) is 12.7 Å². The minimum absolute atomic E-state index is 0.0264. The molecule has 2 aliphatic carbocycles. The van der Waals surface area contributed by atoms with E-state index < -0.39 is 0 Å². The second-order valence-corrected chi connectivity index (χ2v) is 4.35. The van der Waals surface area contributed by atoms with Gasteiger partial charge in [-0.1, -0.05) is 6.08 Å². The number of aliphatic hydroxyl groups excluding tert-OH is 1. The Bertz CT molecular complexity index is 174. The summed E-state index contributed by atoms with van der Waals surface area (Å²) >= 11 is 0. The minimum Gasteiger partial charge on any atom is -0.393 e. The van der Waals surface area contributed by atoms with Crippen LogP contribution < -0.4 is 0 Å². The third kappa shape index (κ3) is 1.42. The van der Waals surface area contributed by atoms with Crippen LogP contribution in [0.2, 0.25) is 0 Å². The number of hydrogen-bond acceptors (Lipinski definition) is 1. The number of unbranched alkanes of at least 4 members (excludes halogenated alkanes) is 1. The molecule has 12 heavy (non-hydrogen) atoms. The largest absolute Gasteiger partial charge is 0.393 e. The van der Waals surface area contributed by atoms with E-state index in [1.807, 2.05) is 6.08 Å². The Labute approximate surface area is 74.5 Å². The molecule has 0 aromatic rings. The molecule has 1 nitrogen and oxygen atoms in total. The van der Waals surface area contributed by atoms with E-state index in [1.54, 1.807) is 0 Å². The Morgan fingerprint density at radius 1 is 1.42 bits per heavy atom. The maximum atomic E-state index is 9.66. The molecule has 0 amide bonds. The van der Waals surface area contributed by atoms with E-state index >= 15 is 0 Å². The SMILES string of the molecule is C=CCCC[C@H]1[C@@H](O)CC2C[C@@H]21. The molecule has 0 aromatic carbocycles. The van der Waals surface area contributed by atoms with Gasteiger partial charge in [-0.3, -0.25) is 0 Å². The Balaban J connectivity index is 1.75. The lowest BCUT2D eigenvalue weighted by Gasteiger charge is -2.16. The summed E-state index contributed by atoms with van der Waals surface area (Å²) in [6.45, 7) is 3.71. The zero-order chi connectivity index (χ0) is 8.55. The number of rotatable bonds is 4. The number of aliphatic hydroxyl groups is 1. The maximum absolute atomic E-state index is 9.66. The molecule has 1 N–H and O–H groups in total. The molecule has 0 bridgehead atoms. The standard InChI is InChI=1S/C11H18O/c1-2-3-4-5-9-10-6-8(10)7-11(9)12/h2,8-12H,1,3-7H2/t8?,9-,10+,11+/m1/s1. The van der Waals surface area contributed by atoms with E-state index in [0.717, 1.165) is 24.7 Å². The highest BCUT2D eigenvalue weighted by Crippen LogP contribution is 2.56. The van der Waals surface area contributed by atoms with Crippen LogP contribution in [0.5, 0.6) is 0 Å². The lowest BCUT2D eigenvalue weighted by atomic mass is 9.94. The first-order valence-corrected chi connectivity index (χ1v) is 5.12. The van der Waals surface area contributed by atoms with Gasteiger partial charge >= 0.3 is 0 Å². The van der Waals surface area contributed by atoms with Crippen LogP contribution in [0.15, 0.2) is 12.7 Å². The van der Waals surface area contributed by atoms with Gasteiger partial charge in [-0.15, -0.1) is 6.58 Å². The molecule has 0 saturated heterocycles. The molecule has 2 saturated carbocycles. The zero-order valence-corrected chi connectivity index (χ0v) is 7.58. The molecule has 2 fully saturated rings. The molecule has 0 heterocycles. The van der Waals surface area contributed by atoms with Crippen LogP contribution in [-0.4, -0.2) is 11.2 Å². The summed E-state index contributed by atoms with van der Waals surface area (Å²) in [5, 5.41) is 9.66. The van der Waals surface area contributed by atoms with Crippen molar-refractivity contribution in [2.75, 3.05) is 0 Å². The van der Waals surface area contributed by atoms with Crippen molar-refractivity contribution in [3.63, 3.8) is 0 Å². The first-order valence-electron chi connectivity index (χ1n) is 5.12. The average Bonchev–Trinajstić information content (AvgIpc) is 2.72. The summed E-state index contributed by atoms with van der Waals surface area (Å²) in [4.78, 5) is 0. The van der Waals surface area contributed by atoms with Crippen molar-refractivity contribution in [1.29, 1.82) is 0 Å². The number of hydrogen-bond donors (Lipinski definition) is 1. The van der Waals surface area contributed by atoms with Gasteiger partial charge in [-0.25, -0.2) is 0 Å². The van der Waals surface area contributed by atoms with Crippen LogP contribution in [0.1, 0.15) is 32.1 Å². The molecule has 0 aliphatic heterocycles. The molecule has 68 valence electrons. The number of allylic oxidation sites excluding steroid dienone is 1. The molecular weight excluding hydrogens is 148 g/mol. The Kier molecular flexibility index (Phi) is 2.22. The van der Waals surface area contributed by atoms with Gasteiger partial charge in [0.05, 0.1) is 6.10 Å². The zero-order valence-electron chi connectivity index (χ0n) is 7.58. The van der Waals surface area contributed by atoms with Gasteiger partial charge < -0.3 is 5.11 Å². The molecule has 0 spiro atoms. The van der Waals surface area contributed by atoms with Crippen LogP contribution >= 0.6 is 0 Å². The highest BCUT2D eigenvalue weighted by Gasteiger charge is 2.52. The van der Waals surface area contributed by atoms with Gasteiger partial charge in [0, 0.05) is 0 Å². The summed E-state index contributed by atoms with van der Waals surface area (Å²) in [5.74, 6) is 2.42. The first kappa shape index (κ1) is 8.31. The van der Waals surface area contributed by atoms with Crippen LogP contribution in [0.4, 0.5) is 0 Å². The van der Waals surface area contributed by atoms with Gasteiger partial charge in [0.1, 0.15) is 0 Å². The lowest BCUT2D eigenvalue weighted by Crippen LogP contribution is -2.17. The monoisotopic (exact) mass is 166 g/mol. The molecule has 0 aromatic heterocycles. The quantitative estimate of drug-likeness (QED) is 0.502. The second-order valence-electron chi connectivity index (χ2n) is 4.35. The van der Waals surface area contributed by atoms with Crippen molar-refractivity contribution in [3.8, 4) is 0 Å². The van der Waals surface area contributed by atoms with E-state index in [1.165, 1.54) is 19.3 Å². The molecule has 1 unspecified atom stereocenters. The highest BCUT2D eigenvalue weighted by molar-refractivity contribution is 5.01. The van der Waals surface area contributed by atoms with E-state index in [2.05, 4.69) is 6.58 Å². The molecule has 1 heteroatoms. The predicted octanol–water partition coefficient (Wildman–Crippen LogP) is 2.36. The van der Waals surface area contributed by atoms with Crippen LogP contribution in [0.25, 0.3) is 0 Å². The fraction of sp³-hybridized carbons (Fsp3) is 0.818. The van der Waals surface area contributed by atoms with Crippen molar-refractivity contribution >= 4 is 0 Å². The third-order valence-corrected chi connectivity index (χ3v) is 3.51. The summed E-state index contributed by atoms with van der Waals surface area (Å²) in [6, 6.07) is 0. The van der Waals surface area contributed by atoms with Gasteiger partial charge in [-0.05, 0) is 49.9 Å². The van der Waals surface area contributed by atoms with E-state index in [0.29, 0.717) is 5.92 Å². The third-order valence-electron chi connectivity index (χ3n) is 3.51. The lowest BCUT2D eigenvalue weighted by molar-refractivity contribution is 0.107. The summed E-state index contributed by atoms with van der Waals surface area (Å²) < 4.78 is 0. The van der Waals surface area contributed by atoms with Gasteiger partial charge in [0.15, 0.2) is 0 Å². The second kappa shape index (κ2) is 3.21. The van der Waals surface area contributed by atoms with E-state index in [-0.39, 0.29) is 6.10 Å². The molecule has 2 aliphatic rings. The van der Waals surface area contributed by atoms with Crippen LogP contribution in [-0.2, 0) is 0 Å². The normalized spacial score (nSPS) is 44.1. The summed E-state index contributed by atoms with van der Waals surface area (Å²) in [5.41, 5.74) is 0. The summed E-state index contributed by atoms with van der Waals surface area (Å²) in [7, 11) is 0. The Hall–Kier alpha value is -0.300. The fourth-order valence-electron chi connectivity index (χ4n) is 2.74. The fourth-order valence-corrected chi connectivity index (χ4v) is 2.74. The first-order chi connectivity index (χ1) is 5.83. The summed E-state index contributed by atoms with van der Waals surface area (Å²) in [6.07, 6.45) is 8.03. The maximum Gasteiger partial charge on any atom is 0.0573 e. The molecular formula is C11H18O. The highest BCUT2D eigenvalue weighted by atomic mass is 16.3. The van der Waals surface area contributed by atoms with Gasteiger partial charge in [0.25, 0.3) is 0 Å². The average molecular weight is 166 g/mol. The van der Waals surface area contributed by atoms with Crippen LogP contribution in [0.3, 0.4) is 0 Å². The van der Waals surface area contributed by atoms with Crippen molar-refractivity contribution < 1.29 is 5.11 Å². The molecule has 2 rings (SSSR count). The smallest absolute Gasteiger partial charge is 0.0573 e. The van der Waals surface area contributed by atoms with E-state index in [9.17, 15) is 5.11 Å². The minimum atomic E-state index is 0.0264. The molecule has 0 radical (unpaired) electrons. The van der Waals surface area contributed by atoms with Crippen molar-refractivity contribution in [1.82, 2.24) is 0 Å². The van der Waals surface area contributed by atoms with Crippen molar-refractivity contribution in [2.24, 2.45) is 17.8 Å². The van der Waals surface area contributed by atoms with Crippen molar-refractivity contribution in [2.45, 2.75) is 38.2 Å². The predicted molar refractivity (Wildman–Crippen MR) is 49.8 cm³/mol. The van der Waals surface area contributed by atoms with Gasteiger partial charge in [0.2, 0.25) is 0 Å². The van der Waals surface area contributed by atoms with Gasteiger partial charge in [-0.2, -0.15) is 0 Å². The van der Waals surface area contributed by atoms with Crippen LogP contribution in [0, 0.1) is 17.8 Å². The number of fused-ring (bicyclic) bond motifs is 1. The topological polar surface area (TPSA) is 20.2 Å². The van der Waals surface area contributed by atoms with E-state index in [4.69, 9.17) is 0 Å². The molecule has 4 atom stereocenters. The Morgan fingerprint density at radius 2 is 2.25 bits per heavy atom.